The number of aliphatic hydroxyl groups excluding tert-OH is 1. The van der Waals surface area contributed by atoms with Crippen molar-refractivity contribution in [2.75, 3.05) is 82.9 Å². The molecular formula is C41H53N11O7. The average Bonchev–Trinajstić information content (AvgIpc) is 3.73. The summed E-state index contributed by atoms with van der Waals surface area (Å²) in [5.74, 6) is 2.16. The number of nitrogens with zero attached hydrogens (tertiary/aromatic N) is 9. The van der Waals surface area contributed by atoms with E-state index >= 15 is 0 Å². The van der Waals surface area contributed by atoms with Crippen LogP contribution in [0.4, 0.5) is 17.6 Å². The molecule has 2 unspecified atom stereocenters. The molecule has 0 radical (unpaired) electrons. The molecule has 4 aliphatic heterocycles. The first kappa shape index (κ1) is 40.5. The number of piperidine rings is 2. The number of anilines is 3. The Kier molecular flexibility index (Phi) is 12.3. The predicted octanol–water partition coefficient (Wildman–Crippen LogP) is 2.57. The van der Waals surface area contributed by atoms with Gasteiger partial charge in [0, 0.05) is 84.2 Å². The summed E-state index contributed by atoms with van der Waals surface area (Å²) < 4.78 is 19.9. The number of rotatable bonds is 15. The number of piperazine rings is 1. The predicted molar refractivity (Wildman–Crippen MR) is 218 cm³/mol. The summed E-state index contributed by atoms with van der Waals surface area (Å²) in [4.78, 5) is 64.6. The first-order chi connectivity index (χ1) is 28.6. The minimum Gasteiger partial charge on any atom is -0.492 e. The Morgan fingerprint density at radius 3 is 2.36 bits per heavy atom. The first-order valence-corrected chi connectivity index (χ1v) is 20.5. The number of benzene rings is 1. The topological polar surface area (TPSA) is 193 Å². The fraction of sp³-hybridized carbons (Fsp3) is 0.537. The van der Waals surface area contributed by atoms with Gasteiger partial charge in [0.05, 0.1) is 41.6 Å². The molecule has 0 aliphatic carbocycles. The number of aromatic nitrogens is 5. The Hall–Kier alpha value is -5.27. The molecular weight excluding hydrogens is 759 g/mol. The lowest BCUT2D eigenvalue weighted by molar-refractivity contribution is -0.129. The molecule has 4 aromatic rings. The standard InChI is InChI=1S/C41H53N11O7/c1-26(2)51-33-23-35(45-34-8-11-42-41(46-34)50-12-9-27(57-3)10-13-50)43-24-31(33)44-36(51)25-58-20-18-48-14-16-49(17-15-48)19-21-59-28-4-5-29-30(22-28)40(56)52(39(29)55)32-6-7-37(53)47-38(32)54/h4-5,8,11,22-24,26-27,32,38,54H,6-7,9-10,12-21,25H2,1-3H3,(H,47,53)(H,42,43,45,46). The van der Waals surface area contributed by atoms with Crippen molar-refractivity contribution in [3.05, 3.63) is 59.7 Å². The number of methoxy groups -OCH3 is 1. The highest BCUT2D eigenvalue weighted by molar-refractivity contribution is 6.21. The number of amides is 3. The van der Waals surface area contributed by atoms with Gasteiger partial charge in [-0.15, -0.1) is 0 Å². The van der Waals surface area contributed by atoms with Crippen LogP contribution >= 0.6 is 0 Å². The van der Waals surface area contributed by atoms with Crippen LogP contribution in [-0.4, -0.2) is 153 Å². The normalized spacial score (nSPS) is 20.8. The van der Waals surface area contributed by atoms with Crippen LogP contribution in [0.5, 0.6) is 5.75 Å². The Bertz CT molecular complexity index is 2150. The van der Waals surface area contributed by atoms with Crippen molar-refractivity contribution in [1.82, 2.24) is 44.5 Å². The highest BCUT2D eigenvalue weighted by Crippen LogP contribution is 2.31. The van der Waals surface area contributed by atoms with E-state index in [4.69, 9.17) is 24.2 Å². The van der Waals surface area contributed by atoms with E-state index in [1.807, 2.05) is 12.1 Å². The van der Waals surface area contributed by atoms with E-state index in [1.54, 1.807) is 37.7 Å². The van der Waals surface area contributed by atoms with Gasteiger partial charge in [-0.25, -0.2) is 15.0 Å². The zero-order valence-electron chi connectivity index (χ0n) is 33.9. The molecule has 59 heavy (non-hydrogen) atoms. The van der Waals surface area contributed by atoms with Gasteiger partial charge >= 0.3 is 0 Å². The maximum absolute atomic E-state index is 13.2. The van der Waals surface area contributed by atoms with E-state index in [-0.39, 0.29) is 42.0 Å². The van der Waals surface area contributed by atoms with Crippen LogP contribution in [0.25, 0.3) is 11.0 Å². The van der Waals surface area contributed by atoms with Crippen LogP contribution in [0.3, 0.4) is 0 Å². The van der Waals surface area contributed by atoms with Crippen LogP contribution in [0, 0.1) is 0 Å². The zero-order chi connectivity index (χ0) is 41.0. The SMILES string of the molecule is COC1CCN(c2nccc(Nc3cc4c(cn3)nc(COCCN3CCN(CCOc5ccc6c(c5)C(=O)N(C5CCC(=O)NC5O)C6=O)CC3)n4C(C)C)n2)CC1. The molecule has 1 aromatic carbocycles. The minimum atomic E-state index is -1.29. The highest BCUT2D eigenvalue weighted by atomic mass is 16.5. The largest absolute Gasteiger partial charge is 0.492 e. The number of carbonyl (C=O) groups excluding carboxylic acids is 3. The molecule has 3 aromatic heterocycles. The van der Waals surface area contributed by atoms with Gasteiger partial charge in [-0.2, -0.15) is 4.98 Å². The molecule has 3 saturated heterocycles. The maximum Gasteiger partial charge on any atom is 0.262 e. The van der Waals surface area contributed by atoms with Crippen molar-refractivity contribution >= 4 is 46.3 Å². The number of carbonyl (C=O) groups is 3. The summed E-state index contributed by atoms with van der Waals surface area (Å²) in [6.07, 6.45) is 4.82. The summed E-state index contributed by atoms with van der Waals surface area (Å²) in [7, 11) is 1.77. The monoisotopic (exact) mass is 811 g/mol. The fourth-order valence-electron chi connectivity index (χ4n) is 8.34. The van der Waals surface area contributed by atoms with E-state index in [1.165, 1.54) is 0 Å². The third-order valence-corrected chi connectivity index (χ3v) is 11.6. The van der Waals surface area contributed by atoms with Gasteiger partial charge in [-0.3, -0.25) is 29.1 Å². The molecule has 4 aliphatic rings. The number of hydrogen-bond donors (Lipinski definition) is 3. The molecule has 2 atom stereocenters. The molecule has 0 bridgehead atoms. The number of imidazole rings is 1. The van der Waals surface area contributed by atoms with E-state index in [9.17, 15) is 19.5 Å². The molecule has 0 spiro atoms. The quantitative estimate of drug-likeness (QED) is 0.117. The van der Waals surface area contributed by atoms with Gasteiger partial charge in [0.25, 0.3) is 11.8 Å². The number of aliphatic hydroxyl groups is 1. The molecule has 3 amide bonds. The van der Waals surface area contributed by atoms with Crippen molar-refractivity contribution in [3.63, 3.8) is 0 Å². The van der Waals surface area contributed by atoms with Gasteiger partial charge in [-0.1, -0.05) is 0 Å². The average molecular weight is 812 g/mol. The summed E-state index contributed by atoms with van der Waals surface area (Å²) in [6, 6.07) is 8.10. The lowest BCUT2D eigenvalue weighted by Crippen LogP contribution is -2.57. The second kappa shape index (κ2) is 17.9. The Morgan fingerprint density at radius 2 is 1.63 bits per heavy atom. The summed E-state index contributed by atoms with van der Waals surface area (Å²) in [6.45, 7) is 12.6. The van der Waals surface area contributed by atoms with Gasteiger partial charge in [-0.05, 0) is 57.4 Å². The van der Waals surface area contributed by atoms with Gasteiger partial charge in [0.15, 0.2) is 0 Å². The van der Waals surface area contributed by atoms with E-state index in [2.05, 4.69) is 53.7 Å². The molecule has 18 nitrogen and oxygen atoms in total. The summed E-state index contributed by atoms with van der Waals surface area (Å²) in [5.41, 5.74) is 2.31. The molecule has 8 rings (SSSR count). The molecule has 314 valence electrons. The summed E-state index contributed by atoms with van der Waals surface area (Å²) >= 11 is 0. The third-order valence-electron chi connectivity index (χ3n) is 11.6. The van der Waals surface area contributed by atoms with Crippen LogP contribution in [0.1, 0.15) is 72.1 Å². The molecule has 0 saturated carbocycles. The lowest BCUT2D eigenvalue weighted by Gasteiger charge is -2.34. The fourth-order valence-corrected chi connectivity index (χ4v) is 8.34. The smallest absolute Gasteiger partial charge is 0.262 e. The number of hydrogen-bond acceptors (Lipinski definition) is 15. The van der Waals surface area contributed by atoms with E-state index in [0.29, 0.717) is 43.2 Å². The van der Waals surface area contributed by atoms with Crippen molar-refractivity contribution < 1.29 is 33.7 Å². The number of nitrogens with one attached hydrogen (secondary N) is 2. The number of fused-ring (bicyclic) bond motifs is 2. The molecule has 3 N–H and O–H groups in total. The highest BCUT2D eigenvalue weighted by Gasteiger charge is 2.44. The lowest BCUT2D eigenvalue weighted by atomic mass is 10.0. The Labute approximate surface area is 342 Å². The van der Waals surface area contributed by atoms with E-state index < -0.39 is 24.1 Å². The Morgan fingerprint density at radius 1 is 0.881 bits per heavy atom. The maximum atomic E-state index is 13.2. The van der Waals surface area contributed by atoms with Gasteiger partial charge in [0.1, 0.15) is 48.2 Å². The number of ether oxygens (including phenoxy) is 3. The second-order valence-electron chi connectivity index (χ2n) is 15.7. The van der Waals surface area contributed by atoms with Gasteiger partial charge in [0.2, 0.25) is 11.9 Å². The van der Waals surface area contributed by atoms with Crippen LogP contribution < -0.4 is 20.3 Å². The molecule has 3 fully saturated rings. The minimum absolute atomic E-state index is 0.136. The first-order valence-electron chi connectivity index (χ1n) is 20.5. The van der Waals surface area contributed by atoms with Crippen molar-refractivity contribution in [1.29, 1.82) is 0 Å². The van der Waals surface area contributed by atoms with Crippen molar-refractivity contribution in [2.24, 2.45) is 0 Å². The van der Waals surface area contributed by atoms with Gasteiger partial charge < -0.3 is 39.4 Å². The zero-order valence-corrected chi connectivity index (χ0v) is 33.9. The van der Waals surface area contributed by atoms with E-state index in [0.717, 1.165) is 87.0 Å². The number of imide groups is 1. The molecule has 18 heteroatoms. The van der Waals surface area contributed by atoms with Crippen molar-refractivity contribution in [3.8, 4) is 5.75 Å². The second-order valence-corrected chi connectivity index (χ2v) is 15.7. The van der Waals surface area contributed by atoms with Crippen molar-refractivity contribution in [2.45, 2.75) is 70.6 Å². The van der Waals surface area contributed by atoms with Crippen LogP contribution in [-0.2, 0) is 20.9 Å². The third kappa shape index (κ3) is 9.01. The van der Waals surface area contributed by atoms with Crippen LogP contribution in [0.2, 0.25) is 0 Å². The number of pyridine rings is 1. The summed E-state index contributed by atoms with van der Waals surface area (Å²) in [5, 5.41) is 16.1. The molecule has 7 heterocycles. The van der Waals surface area contributed by atoms with Crippen LogP contribution in [0.15, 0.2) is 42.7 Å². The Balaban J connectivity index is 0.772.